The highest BCUT2D eigenvalue weighted by Crippen LogP contribution is 2.32. The lowest BCUT2D eigenvalue weighted by Gasteiger charge is -2.21. The molecular weight excluding hydrogens is 262 g/mol. The van der Waals surface area contributed by atoms with Crippen molar-refractivity contribution in [3.8, 4) is 5.88 Å². The maximum absolute atomic E-state index is 5.34. The molecule has 4 nitrogen and oxygen atoms in total. The second-order valence-electron chi connectivity index (χ2n) is 5.98. The van der Waals surface area contributed by atoms with Crippen molar-refractivity contribution in [3.63, 3.8) is 0 Å². The topological polar surface area (TPSA) is 47.0 Å². The van der Waals surface area contributed by atoms with E-state index in [1.54, 1.807) is 7.11 Å². The largest absolute Gasteiger partial charge is 0.481 e. The predicted octanol–water partition coefficient (Wildman–Crippen LogP) is 4.53. The molecule has 0 saturated heterocycles. The van der Waals surface area contributed by atoms with Gasteiger partial charge in [-0.25, -0.2) is 4.98 Å². The predicted molar refractivity (Wildman–Crippen MR) is 87.0 cm³/mol. The SMILES string of the molecule is CCCCCCNc1cc(OC)nc(C2CCCCC2)n1. The highest BCUT2D eigenvalue weighted by atomic mass is 16.5. The van der Waals surface area contributed by atoms with Crippen molar-refractivity contribution < 1.29 is 4.74 Å². The minimum atomic E-state index is 0.509. The average Bonchev–Trinajstić information content (AvgIpc) is 2.55. The molecule has 0 atom stereocenters. The summed E-state index contributed by atoms with van der Waals surface area (Å²) in [4.78, 5) is 9.28. The van der Waals surface area contributed by atoms with E-state index < -0.39 is 0 Å². The molecule has 2 rings (SSSR count). The van der Waals surface area contributed by atoms with Crippen molar-refractivity contribution in [1.29, 1.82) is 0 Å². The van der Waals surface area contributed by atoms with Gasteiger partial charge in [0.05, 0.1) is 7.11 Å². The molecule has 1 aromatic rings. The molecule has 1 heterocycles. The van der Waals surface area contributed by atoms with Crippen LogP contribution in [-0.4, -0.2) is 23.6 Å². The Kier molecular flexibility index (Phi) is 6.77. The van der Waals surface area contributed by atoms with Crippen molar-refractivity contribution >= 4 is 5.82 Å². The number of anilines is 1. The van der Waals surface area contributed by atoms with E-state index in [-0.39, 0.29) is 0 Å². The molecular formula is C17H29N3O. The first-order valence-corrected chi connectivity index (χ1v) is 8.50. The van der Waals surface area contributed by atoms with E-state index in [0.29, 0.717) is 11.8 Å². The van der Waals surface area contributed by atoms with E-state index in [1.165, 1.54) is 57.8 Å². The fraction of sp³-hybridized carbons (Fsp3) is 0.765. The summed E-state index contributed by atoms with van der Waals surface area (Å²) in [5.41, 5.74) is 0. The molecule has 0 unspecified atom stereocenters. The van der Waals surface area contributed by atoms with Crippen LogP contribution in [0.4, 0.5) is 5.82 Å². The molecule has 0 aliphatic heterocycles. The van der Waals surface area contributed by atoms with Gasteiger partial charge in [-0.2, -0.15) is 4.98 Å². The molecule has 0 spiro atoms. The van der Waals surface area contributed by atoms with Crippen LogP contribution in [0.3, 0.4) is 0 Å². The highest BCUT2D eigenvalue weighted by molar-refractivity contribution is 5.38. The second kappa shape index (κ2) is 8.85. The summed E-state index contributed by atoms with van der Waals surface area (Å²) in [6, 6.07) is 1.91. The van der Waals surface area contributed by atoms with Crippen LogP contribution >= 0.6 is 0 Å². The molecule has 1 saturated carbocycles. The van der Waals surface area contributed by atoms with Crippen LogP contribution < -0.4 is 10.1 Å². The third-order valence-electron chi connectivity index (χ3n) is 4.24. The van der Waals surface area contributed by atoms with Gasteiger partial charge < -0.3 is 10.1 Å². The molecule has 1 aromatic heterocycles. The lowest BCUT2D eigenvalue weighted by atomic mass is 9.89. The Bertz CT molecular complexity index is 416. The maximum Gasteiger partial charge on any atom is 0.218 e. The Morgan fingerprint density at radius 1 is 1.14 bits per heavy atom. The summed E-state index contributed by atoms with van der Waals surface area (Å²) in [7, 11) is 1.68. The number of ether oxygens (including phenoxy) is 1. The number of nitrogens with one attached hydrogen (secondary N) is 1. The number of methoxy groups -OCH3 is 1. The lowest BCUT2D eigenvalue weighted by molar-refractivity contribution is 0.383. The monoisotopic (exact) mass is 291 g/mol. The van der Waals surface area contributed by atoms with Crippen LogP contribution in [0.1, 0.15) is 76.5 Å². The summed E-state index contributed by atoms with van der Waals surface area (Å²) >= 11 is 0. The fourth-order valence-electron chi connectivity index (χ4n) is 2.95. The van der Waals surface area contributed by atoms with Gasteiger partial charge >= 0.3 is 0 Å². The molecule has 118 valence electrons. The first-order valence-electron chi connectivity index (χ1n) is 8.50. The molecule has 0 bridgehead atoms. The number of unbranched alkanes of at least 4 members (excludes halogenated alkanes) is 3. The van der Waals surface area contributed by atoms with E-state index in [1.807, 2.05) is 6.07 Å². The van der Waals surface area contributed by atoms with Gasteiger partial charge in [-0.15, -0.1) is 0 Å². The first kappa shape index (κ1) is 16.1. The molecule has 0 amide bonds. The molecule has 1 fully saturated rings. The van der Waals surface area contributed by atoms with Gasteiger partial charge in [0.2, 0.25) is 5.88 Å². The van der Waals surface area contributed by atoms with E-state index >= 15 is 0 Å². The third-order valence-corrected chi connectivity index (χ3v) is 4.24. The fourth-order valence-corrected chi connectivity index (χ4v) is 2.95. The first-order chi connectivity index (χ1) is 10.3. The normalized spacial score (nSPS) is 15.9. The molecule has 1 aliphatic rings. The van der Waals surface area contributed by atoms with Gasteiger partial charge in [-0.1, -0.05) is 45.4 Å². The maximum atomic E-state index is 5.34. The molecule has 0 radical (unpaired) electrons. The number of hydrogen-bond acceptors (Lipinski definition) is 4. The van der Waals surface area contributed by atoms with Crippen molar-refractivity contribution in [2.24, 2.45) is 0 Å². The van der Waals surface area contributed by atoms with Gasteiger partial charge in [0.15, 0.2) is 0 Å². The zero-order valence-corrected chi connectivity index (χ0v) is 13.5. The number of rotatable bonds is 8. The van der Waals surface area contributed by atoms with E-state index in [9.17, 15) is 0 Å². The van der Waals surface area contributed by atoms with Crippen LogP contribution in [0.5, 0.6) is 5.88 Å². The van der Waals surface area contributed by atoms with Crippen molar-refractivity contribution in [3.05, 3.63) is 11.9 Å². The zero-order chi connectivity index (χ0) is 14.9. The van der Waals surface area contributed by atoms with Gasteiger partial charge in [0, 0.05) is 18.5 Å². The van der Waals surface area contributed by atoms with Crippen LogP contribution in [0, 0.1) is 0 Å². The molecule has 0 aromatic carbocycles. The van der Waals surface area contributed by atoms with Crippen molar-refractivity contribution in [2.45, 2.75) is 70.6 Å². The van der Waals surface area contributed by atoms with Gasteiger partial charge in [-0.3, -0.25) is 0 Å². The number of aromatic nitrogens is 2. The van der Waals surface area contributed by atoms with Crippen molar-refractivity contribution in [1.82, 2.24) is 9.97 Å². The van der Waals surface area contributed by atoms with Gasteiger partial charge in [-0.05, 0) is 19.3 Å². The quantitative estimate of drug-likeness (QED) is 0.715. The van der Waals surface area contributed by atoms with Crippen LogP contribution in [0.2, 0.25) is 0 Å². The molecule has 1 aliphatic carbocycles. The molecule has 4 heteroatoms. The van der Waals surface area contributed by atoms with Crippen LogP contribution in [0.15, 0.2) is 6.07 Å². The van der Waals surface area contributed by atoms with E-state index in [4.69, 9.17) is 9.72 Å². The Hall–Kier alpha value is -1.32. The summed E-state index contributed by atoms with van der Waals surface area (Å²) < 4.78 is 5.34. The summed E-state index contributed by atoms with van der Waals surface area (Å²) in [6.45, 7) is 3.21. The number of nitrogens with zero attached hydrogens (tertiary/aromatic N) is 2. The molecule has 1 N–H and O–H groups in total. The number of hydrogen-bond donors (Lipinski definition) is 1. The average molecular weight is 291 g/mol. The minimum Gasteiger partial charge on any atom is -0.481 e. The minimum absolute atomic E-state index is 0.509. The van der Waals surface area contributed by atoms with E-state index in [0.717, 1.165) is 18.2 Å². The Balaban J connectivity index is 1.96. The third kappa shape index (κ3) is 5.18. The van der Waals surface area contributed by atoms with E-state index in [2.05, 4.69) is 17.2 Å². The van der Waals surface area contributed by atoms with Crippen molar-refractivity contribution in [2.75, 3.05) is 19.0 Å². The summed E-state index contributed by atoms with van der Waals surface area (Å²) in [5.74, 6) is 3.07. The second-order valence-corrected chi connectivity index (χ2v) is 5.98. The van der Waals surface area contributed by atoms with Crippen LogP contribution in [0.25, 0.3) is 0 Å². The zero-order valence-electron chi connectivity index (χ0n) is 13.5. The Morgan fingerprint density at radius 3 is 2.67 bits per heavy atom. The molecule has 21 heavy (non-hydrogen) atoms. The standard InChI is InChI=1S/C17H29N3O/c1-3-4-5-9-12-18-15-13-16(21-2)20-17(19-15)14-10-7-6-8-11-14/h13-14H,3-12H2,1-2H3,(H,18,19,20). The summed E-state index contributed by atoms with van der Waals surface area (Å²) in [5, 5.41) is 3.43. The lowest BCUT2D eigenvalue weighted by Crippen LogP contribution is -2.12. The smallest absolute Gasteiger partial charge is 0.218 e. The van der Waals surface area contributed by atoms with Gasteiger partial charge in [0.1, 0.15) is 11.6 Å². The Morgan fingerprint density at radius 2 is 1.95 bits per heavy atom. The highest BCUT2D eigenvalue weighted by Gasteiger charge is 2.19. The Labute approximate surface area is 128 Å². The summed E-state index contributed by atoms with van der Waals surface area (Å²) in [6.07, 6.45) is 11.4. The van der Waals surface area contributed by atoms with Crippen LogP contribution in [-0.2, 0) is 0 Å². The van der Waals surface area contributed by atoms with Gasteiger partial charge in [0.25, 0.3) is 0 Å².